The molecule has 0 aliphatic carbocycles. The fourth-order valence-corrected chi connectivity index (χ4v) is 11.1. The minimum absolute atomic E-state index is 0.0123. The topological polar surface area (TPSA) is 262 Å². The van der Waals surface area contributed by atoms with Crippen LogP contribution in [0.3, 0.4) is 0 Å². The number of hydrogen-bond acceptors (Lipinski definition) is 14. The Morgan fingerprint density at radius 3 is 2.07 bits per heavy atom. The Morgan fingerprint density at radius 2 is 1.43 bits per heavy atom. The van der Waals surface area contributed by atoms with Gasteiger partial charge in [-0.05, 0) is 121 Å². The van der Waals surface area contributed by atoms with Crippen molar-refractivity contribution >= 4 is 81.7 Å². The van der Waals surface area contributed by atoms with Gasteiger partial charge in [0.05, 0.1) is 65.1 Å². The number of nitrogens with zero attached hydrogens (tertiary/aromatic N) is 2. The number of H-pyrrole nitrogens is 2. The lowest BCUT2D eigenvalue weighted by Gasteiger charge is -2.24. The third-order valence-corrected chi connectivity index (χ3v) is 15.6. The summed E-state index contributed by atoms with van der Waals surface area (Å²) in [4.78, 5) is 95.9. The first-order chi connectivity index (χ1) is 39.1. The number of amides is 4. The van der Waals surface area contributed by atoms with Crippen LogP contribution in [-0.2, 0) is 71.7 Å². The average Bonchev–Trinajstić information content (AvgIpc) is 4.15. The highest BCUT2D eigenvalue weighted by Gasteiger charge is 2.41. The molecule has 4 atom stereocenters. The van der Waals surface area contributed by atoms with E-state index in [1.807, 2.05) is 43.3 Å². The number of rotatable bonds is 31. The molecule has 3 aliphatic heterocycles. The Labute approximate surface area is 489 Å². The number of carbonyl (C=O) groups is 6. The number of benzene rings is 1. The third-order valence-electron chi connectivity index (χ3n) is 14.9. The van der Waals surface area contributed by atoms with Gasteiger partial charge in [0.1, 0.15) is 13.2 Å². The first-order valence-electron chi connectivity index (χ1n) is 28.0. The molecule has 2 unspecified atom stereocenters. The molecule has 0 fully saturated rings. The molecule has 5 heterocycles. The summed E-state index contributed by atoms with van der Waals surface area (Å²) in [5.41, 5.74) is 11.9. The van der Waals surface area contributed by atoms with Crippen molar-refractivity contribution in [3.63, 3.8) is 0 Å². The van der Waals surface area contributed by atoms with Crippen LogP contribution in [0, 0.1) is 29.3 Å². The van der Waals surface area contributed by atoms with Crippen LogP contribution >= 0.6 is 22.6 Å². The Morgan fingerprint density at radius 1 is 0.790 bits per heavy atom. The number of carbonyl (C=O) groups excluding carboxylic acids is 6. The normalized spacial score (nSPS) is 17.5. The minimum Gasteiger partial charge on any atom is -0.469 e. The number of aliphatic imine (C=N–C) groups is 2. The van der Waals surface area contributed by atoms with E-state index in [2.05, 4.69) is 88.1 Å². The molecule has 21 heteroatoms. The summed E-state index contributed by atoms with van der Waals surface area (Å²) in [5.74, 6) is -3.41. The molecule has 0 saturated heterocycles. The first kappa shape index (κ1) is 63.9. The molecular weight excluding hydrogens is 1150 g/mol. The van der Waals surface area contributed by atoms with Gasteiger partial charge in [-0.15, -0.1) is 0 Å². The summed E-state index contributed by atoms with van der Waals surface area (Å²) in [6.07, 6.45) is 7.70. The van der Waals surface area contributed by atoms with Gasteiger partial charge in [-0.1, -0.05) is 38.6 Å². The second kappa shape index (κ2) is 32.4. The van der Waals surface area contributed by atoms with Gasteiger partial charge >= 0.3 is 11.9 Å². The van der Waals surface area contributed by atoms with E-state index in [1.165, 1.54) is 19.8 Å². The minimum atomic E-state index is -0.759. The largest absolute Gasteiger partial charge is 0.469 e. The SMILES string of the molecule is C=Cc1c2[nH]c(c1C)C=C1N=C(C(CC(=O)OC)c3[nH]c(c(C)c3C(=O)NCCNC(=O)COCC(=O)NCCCOCCOCCOCCCNC(=O)Cc3cccc(I)c3)CC3=NC(C2)C(C)=C3CC)[C@@H](CCC(=O)OC)[C@@H]1C. The third kappa shape index (κ3) is 18.4. The molecule has 2 aromatic heterocycles. The number of esters is 2. The quantitative estimate of drug-likeness (QED) is 0.0233. The van der Waals surface area contributed by atoms with Crippen molar-refractivity contribution < 1.29 is 57.2 Å². The number of fused-ring (bicyclic) bond motifs is 6. The van der Waals surface area contributed by atoms with Crippen molar-refractivity contribution in [2.75, 3.05) is 93.3 Å². The van der Waals surface area contributed by atoms with E-state index in [0.29, 0.717) is 114 Å². The highest BCUT2D eigenvalue weighted by molar-refractivity contribution is 14.1. The lowest BCUT2D eigenvalue weighted by atomic mass is 9.79. The Bertz CT molecular complexity index is 2850. The lowest BCUT2D eigenvalue weighted by molar-refractivity contribution is -0.141. The maximum absolute atomic E-state index is 14.6. The number of methoxy groups -OCH3 is 2. The summed E-state index contributed by atoms with van der Waals surface area (Å²) in [6, 6.07) is 7.76. The number of aromatic nitrogens is 2. The Balaban J connectivity index is 0.972. The predicted molar refractivity (Wildman–Crippen MR) is 318 cm³/mol. The summed E-state index contributed by atoms with van der Waals surface area (Å²) in [6.45, 7) is 17.3. The molecule has 3 aromatic rings. The van der Waals surface area contributed by atoms with Gasteiger partial charge in [-0.3, -0.25) is 38.8 Å². The highest BCUT2D eigenvalue weighted by atomic mass is 127. The number of hydrogen-bond donors (Lipinski definition) is 6. The van der Waals surface area contributed by atoms with Crippen LogP contribution in [0.2, 0.25) is 0 Å². The molecule has 6 N–H and O–H groups in total. The van der Waals surface area contributed by atoms with Crippen LogP contribution in [-0.4, -0.2) is 156 Å². The molecule has 6 rings (SSSR count). The van der Waals surface area contributed by atoms with E-state index < -0.39 is 23.7 Å². The van der Waals surface area contributed by atoms with Gasteiger partial charge in [0.25, 0.3) is 5.91 Å². The van der Waals surface area contributed by atoms with E-state index in [9.17, 15) is 28.8 Å². The maximum Gasteiger partial charge on any atom is 0.306 e. The molecule has 4 amide bonds. The van der Waals surface area contributed by atoms with Crippen molar-refractivity contribution in [3.8, 4) is 0 Å². The van der Waals surface area contributed by atoms with Gasteiger partial charge in [0.2, 0.25) is 17.7 Å². The zero-order chi connectivity index (χ0) is 58.4. The molecule has 81 heavy (non-hydrogen) atoms. The van der Waals surface area contributed by atoms with Crippen LogP contribution in [0.15, 0.2) is 57.7 Å². The molecule has 0 saturated carbocycles. The summed E-state index contributed by atoms with van der Waals surface area (Å²) in [7, 11) is 2.68. The van der Waals surface area contributed by atoms with E-state index in [-0.39, 0.29) is 74.8 Å². The van der Waals surface area contributed by atoms with Crippen molar-refractivity contribution in [1.29, 1.82) is 0 Å². The van der Waals surface area contributed by atoms with Crippen LogP contribution in [0.4, 0.5) is 0 Å². The lowest BCUT2D eigenvalue weighted by Crippen LogP contribution is -2.37. The second-order valence-corrected chi connectivity index (χ2v) is 21.6. The van der Waals surface area contributed by atoms with E-state index >= 15 is 0 Å². The molecule has 3 aliphatic rings. The van der Waals surface area contributed by atoms with Crippen molar-refractivity contribution in [1.82, 2.24) is 31.2 Å². The van der Waals surface area contributed by atoms with Crippen molar-refractivity contribution in [3.05, 3.63) is 102 Å². The van der Waals surface area contributed by atoms with E-state index in [1.54, 1.807) is 0 Å². The van der Waals surface area contributed by atoms with Crippen LogP contribution in [0.1, 0.15) is 121 Å². The molecular formula is C60H81IN8O12. The summed E-state index contributed by atoms with van der Waals surface area (Å²) < 4.78 is 33.5. The maximum atomic E-state index is 14.6. The molecule has 0 radical (unpaired) electrons. The number of halogens is 1. The van der Waals surface area contributed by atoms with Crippen molar-refractivity contribution in [2.45, 2.75) is 104 Å². The van der Waals surface area contributed by atoms with E-state index in [4.69, 9.17) is 38.4 Å². The molecule has 440 valence electrons. The Hall–Kier alpha value is -6.27. The predicted octanol–water partition coefficient (Wildman–Crippen LogP) is 6.37. The first-order valence-corrected chi connectivity index (χ1v) is 29.0. The number of ether oxygens (including phenoxy) is 6. The van der Waals surface area contributed by atoms with Crippen LogP contribution in [0.25, 0.3) is 12.2 Å². The van der Waals surface area contributed by atoms with Crippen LogP contribution < -0.4 is 21.3 Å². The van der Waals surface area contributed by atoms with E-state index in [0.717, 1.165) is 60.7 Å². The standard InChI is InChI=1S/C60H81IN8O12/c1-9-42-36(3)46-31-48-38(5)44(16-17-55(73)76-7)58(68-48)45(30-56(74)77-8)59-57(39(6)49(69-59)33-51-43(10-2)37(4)47(67-51)32-50(42)66-46)60(75)65-21-20-64-54(72)35-81-34-53(71)63-19-13-23-79-25-27-80-26-24-78-22-12-18-62-52(70)29-40-14-11-15-41(61)28-40/h9,11,14-15,28,31,38,44-45,47,66,69H,1,10,12-13,16-27,29-30,32-35H2,2-8H3,(H,62,70)(H,63,71)(H,64,72)(H,65,75)/t38-,44-,45?,47?/m0/s1. The number of allylic oxidation sites excluding steroid dienone is 2. The van der Waals surface area contributed by atoms with Gasteiger partial charge in [-0.25, -0.2) is 0 Å². The molecule has 1 aromatic carbocycles. The molecule has 8 bridgehead atoms. The number of aromatic amines is 2. The second-order valence-electron chi connectivity index (χ2n) is 20.4. The number of nitrogens with one attached hydrogen (secondary N) is 6. The zero-order valence-electron chi connectivity index (χ0n) is 48.0. The fourth-order valence-electron chi connectivity index (χ4n) is 10.5. The van der Waals surface area contributed by atoms with Gasteiger partial charge in [-0.2, -0.15) is 0 Å². The summed E-state index contributed by atoms with van der Waals surface area (Å²) in [5, 5.41) is 11.4. The fraction of sp³-hybridized carbons (Fsp3) is 0.533. The Kier molecular flexibility index (Phi) is 25.6. The van der Waals surface area contributed by atoms with Gasteiger partial charge in [0.15, 0.2) is 0 Å². The molecule has 20 nitrogen and oxygen atoms in total. The van der Waals surface area contributed by atoms with Crippen LogP contribution in [0.5, 0.6) is 0 Å². The highest BCUT2D eigenvalue weighted by Crippen LogP contribution is 2.43. The summed E-state index contributed by atoms with van der Waals surface area (Å²) >= 11 is 2.23. The van der Waals surface area contributed by atoms with Gasteiger partial charge in [0, 0.05) is 120 Å². The monoisotopic (exact) mass is 1230 g/mol. The van der Waals surface area contributed by atoms with Crippen molar-refractivity contribution in [2.24, 2.45) is 21.8 Å². The molecule has 0 spiro atoms. The smallest absolute Gasteiger partial charge is 0.306 e. The van der Waals surface area contributed by atoms with Gasteiger partial charge < -0.3 is 59.7 Å². The zero-order valence-corrected chi connectivity index (χ0v) is 50.2. The average molecular weight is 1230 g/mol.